The van der Waals surface area contributed by atoms with Crippen LogP contribution >= 0.6 is 0 Å². The molecule has 17 heavy (non-hydrogen) atoms. The summed E-state index contributed by atoms with van der Waals surface area (Å²) in [4.78, 5) is 12.2. The minimum absolute atomic E-state index is 0.307. The van der Waals surface area contributed by atoms with Gasteiger partial charge in [-0.3, -0.25) is 0 Å². The van der Waals surface area contributed by atoms with Crippen molar-refractivity contribution in [3.05, 3.63) is 35.4 Å². The van der Waals surface area contributed by atoms with E-state index in [0.29, 0.717) is 24.6 Å². The maximum absolute atomic E-state index is 10.8. The van der Waals surface area contributed by atoms with Crippen LogP contribution in [-0.4, -0.2) is 29.2 Å². The molecule has 1 aliphatic heterocycles. The maximum atomic E-state index is 10.8. The first-order chi connectivity index (χ1) is 8.22. The largest absolute Gasteiger partial charge is 0.465 e. The Kier molecular flexibility index (Phi) is 3.29. The zero-order valence-corrected chi connectivity index (χ0v) is 9.47. The summed E-state index contributed by atoms with van der Waals surface area (Å²) in [6.07, 6.45) is 0.743. The fourth-order valence-electron chi connectivity index (χ4n) is 2.34. The number of carbonyl (C=O) groups is 1. The molecule has 1 saturated heterocycles. The van der Waals surface area contributed by atoms with Crippen molar-refractivity contribution < 1.29 is 9.90 Å². The predicted molar refractivity (Wildman–Crippen MR) is 62.7 cm³/mol. The highest BCUT2D eigenvalue weighted by Crippen LogP contribution is 2.29. The first-order valence-electron chi connectivity index (χ1n) is 5.69. The van der Waals surface area contributed by atoms with Gasteiger partial charge in [-0.2, -0.15) is 5.26 Å². The lowest BCUT2D eigenvalue weighted by atomic mass is 9.87. The van der Waals surface area contributed by atoms with Crippen LogP contribution in [0.4, 0.5) is 4.79 Å². The maximum Gasteiger partial charge on any atom is 0.407 e. The lowest BCUT2D eigenvalue weighted by molar-refractivity contribution is 0.132. The molecule has 0 radical (unpaired) electrons. The number of hydrogen-bond donors (Lipinski definition) is 1. The molecule has 1 N–H and O–H groups in total. The summed E-state index contributed by atoms with van der Waals surface area (Å²) < 4.78 is 0. The van der Waals surface area contributed by atoms with Crippen LogP contribution in [0, 0.1) is 11.3 Å². The van der Waals surface area contributed by atoms with Crippen molar-refractivity contribution in [2.75, 3.05) is 13.1 Å². The first kappa shape index (κ1) is 11.5. The van der Waals surface area contributed by atoms with Crippen molar-refractivity contribution in [1.29, 1.82) is 5.26 Å². The number of amides is 1. The van der Waals surface area contributed by atoms with Crippen LogP contribution in [-0.2, 0) is 0 Å². The first-order valence-corrected chi connectivity index (χ1v) is 5.69. The predicted octanol–water partition coefficient (Wildman–Crippen LogP) is 2.42. The lowest BCUT2D eigenvalue weighted by Gasteiger charge is -2.30. The molecule has 0 saturated carbocycles. The molecule has 0 aliphatic carbocycles. The van der Waals surface area contributed by atoms with Gasteiger partial charge in [-0.15, -0.1) is 0 Å². The van der Waals surface area contributed by atoms with E-state index >= 15 is 0 Å². The van der Waals surface area contributed by atoms with Gasteiger partial charge in [0.1, 0.15) is 0 Å². The van der Waals surface area contributed by atoms with E-state index in [1.165, 1.54) is 4.90 Å². The number of piperidine rings is 1. The zero-order valence-electron chi connectivity index (χ0n) is 9.47. The normalized spacial score (nSPS) is 16.5. The third-order valence-electron chi connectivity index (χ3n) is 3.29. The second-order valence-electron chi connectivity index (χ2n) is 4.24. The van der Waals surface area contributed by atoms with E-state index in [-0.39, 0.29) is 0 Å². The zero-order chi connectivity index (χ0) is 12.3. The smallest absolute Gasteiger partial charge is 0.407 e. The van der Waals surface area contributed by atoms with Crippen LogP contribution in [0.5, 0.6) is 0 Å². The Hall–Kier alpha value is -2.02. The molecule has 1 aliphatic rings. The molecule has 4 heteroatoms. The van der Waals surface area contributed by atoms with Gasteiger partial charge >= 0.3 is 6.09 Å². The van der Waals surface area contributed by atoms with Gasteiger partial charge < -0.3 is 10.0 Å². The second-order valence-corrected chi connectivity index (χ2v) is 4.24. The Bertz CT molecular complexity index is 457. The third kappa shape index (κ3) is 2.39. The number of likely N-dealkylation sites (tertiary alicyclic amines) is 1. The summed E-state index contributed by atoms with van der Waals surface area (Å²) in [5, 5.41) is 17.9. The van der Waals surface area contributed by atoms with Crippen molar-refractivity contribution in [3.63, 3.8) is 0 Å². The van der Waals surface area contributed by atoms with Crippen molar-refractivity contribution in [2.45, 2.75) is 18.8 Å². The number of carboxylic acid groups (broad SMARTS) is 1. The molecule has 88 valence electrons. The highest BCUT2D eigenvalue weighted by molar-refractivity contribution is 5.65. The molecule has 2 rings (SSSR count). The Balaban J connectivity index is 2.11. The Morgan fingerprint density at radius 2 is 2.00 bits per heavy atom. The Morgan fingerprint density at radius 3 is 2.59 bits per heavy atom. The van der Waals surface area contributed by atoms with Gasteiger partial charge in [-0.05, 0) is 30.4 Å². The number of nitrogens with zero attached hydrogens (tertiary/aromatic N) is 2. The minimum Gasteiger partial charge on any atom is -0.465 e. The van der Waals surface area contributed by atoms with Gasteiger partial charge in [-0.25, -0.2) is 4.79 Å². The van der Waals surface area contributed by atoms with E-state index in [0.717, 1.165) is 18.4 Å². The van der Waals surface area contributed by atoms with E-state index in [9.17, 15) is 4.79 Å². The lowest BCUT2D eigenvalue weighted by Crippen LogP contribution is -2.36. The summed E-state index contributed by atoms with van der Waals surface area (Å²) in [6, 6.07) is 9.77. The molecular formula is C13H14N2O2. The highest BCUT2D eigenvalue weighted by atomic mass is 16.4. The molecule has 0 atom stereocenters. The van der Waals surface area contributed by atoms with Gasteiger partial charge in [0.05, 0.1) is 11.6 Å². The van der Waals surface area contributed by atoms with E-state index in [2.05, 4.69) is 6.07 Å². The van der Waals surface area contributed by atoms with Crippen molar-refractivity contribution in [2.24, 2.45) is 0 Å². The van der Waals surface area contributed by atoms with Crippen molar-refractivity contribution in [1.82, 2.24) is 4.90 Å². The summed E-state index contributed by atoms with van der Waals surface area (Å²) in [7, 11) is 0. The van der Waals surface area contributed by atoms with Crippen LogP contribution in [0.25, 0.3) is 0 Å². The minimum atomic E-state index is -0.850. The van der Waals surface area contributed by atoms with Gasteiger partial charge in [0.15, 0.2) is 0 Å². The quantitative estimate of drug-likeness (QED) is 0.805. The Labute approximate surface area is 100 Å². The average molecular weight is 230 g/mol. The second kappa shape index (κ2) is 4.88. The van der Waals surface area contributed by atoms with Crippen LogP contribution in [0.15, 0.2) is 24.3 Å². The number of hydrogen-bond acceptors (Lipinski definition) is 2. The van der Waals surface area contributed by atoms with Crippen LogP contribution in [0.2, 0.25) is 0 Å². The van der Waals surface area contributed by atoms with Gasteiger partial charge in [0.25, 0.3) is 0 Å². The van der Waals surface area contributed by atoms with Crippen LogP contribution < -0.4 is 0 Å². The van der Waals surface area contributed by atoms with Crippen molar-refractivity contribution in [3.8, 4) is 6.07 Å². The number of rotatable bonds is 1. The van der Waals surface area contributed by atoms with E-state index in [1.807, 2.05) is 24.3 Å². The van der Waals surface area contributed by atoms with Gasteiger partial charge in [0.2, 0.25) is 0 Å². The summed E-state index contributed by atoms with van der Waals surface area (Å²) in [5.74, 6) is 0.307. The van der Waals surface area contributed by atoms with Crippen LogP contribution in [0.1, 0.15) is 29.9 Å². The van der Waals surface area contributed by atoms with E-state index in [1.54, 1.807) is 0 Å². The third-order valence-corrected chi connectivity index (χ3v) is 3.29. The molecule has 1 aromatic rings. The summed E-state index contributed by atoms with van der Waals surface area (Å²) in [6.45, 7) is 1.11. The highest BCUT2D eigenvalue weighted by Gasteiger charge is 2.24. The van der Waals surface area contributed by atoms with Crippen LogP contribution in [0.3, 0.4) is 0 Å². The fourth-order valence-corrected chi connectivity index (χ4v) is 2.34. The number of nitriles is 1. The topological polar surface area (TPSA) is 64.3 Å². The molecule has 0 aromatic heterocycles. The van der Waals surface area contributed by atoms with E-state index in [4.69, 9.17) is 10.4 Å². The molecule has 0 spiro atoms. The average Bonchev–Trinajstić information content (AvgIpc) is 2.39. The SMILES string of the molecule is N#Cc1ccccc1C1CCN(C(=O)O)CC1. The molecule has 0 unspecified atom stereocenters. The summed E-state index contributed by atoms with van der Waals surface area (Å²) in [5.41, 5.74) is 1.77. The molecule has 1 amide bonds. The summed E-state index contributed by atoms with van der Waals surface area (Å²) >= 11 is 0. The molecule has 0 bridgehead atoms. The molecule has 1 heterocycles. The molecule has 4 nitrogen and oxygen atoms in total. The van der Waals surface area contributed by atoms with Gasteiger partial charge in [-0.1, -0.05) is 18.2 Å². The molecular weight excluding hydrogens is 216 g/mol. The van der Waals surface area contributed by atoms with E-state index < -0.39 is 6.09 Å². The fraction of sp³-hybridized carbons (Fsp3) is 0.385. The molecule has 1 fully saturated rings. The Morgan fingerprint density at radius 1 is 1.35 bits per heavy atom. The monoisotopic (exact) mass is 230 g/mol. The standard InChI is InChI=1S/C13H14N2O2/c14-9-11-3-1-2-4-12(11)10-5-7-15(8-6-10)13(16)17/h1-4,10H,5-8H2,(H,16,17). The number of benzene rings is 1. The molecule has 1 aromatic carbocycles. The van der Waals surface area contributed by atoms with Crippen molar-refractivity contribution >= 4 is 6.09 Å². The van der Waals surface area contributed by atoms with Gasteiger partial charge in [0, 0.05) is 13.1 Å².